The molecule has 20 heavy (non-hydrogen) atoms. The molecule has 0 radical (unpaired) electrons. The maximum atomic E-state index is 12.1. The van der Waals surface area contributed by atoms with Crippen LogP contribution in [0.25, 0.3) is 11.0 Å². The molecule has 3 rings (SSSR count). The van der Waals surface area contributed by atoms with Crippen molar-refractivity contribution >= 4 is 22.8 Å². The lowest BCUT2D eigenvalue weighted by Gasteiger charge is -2.05. The second-order valence-electron chi connectivity index (χ2n) is 4.25. The maximum Gasteiger partial charge on any atom is 0.251 e. The van der Waals surface area contributed by atoms with Gasteiger partial charge in [0.15, 0.2) is 0 Å². The molecule has 100 valence electrons. The van der Waals surface area contributed by atoms with Gasteiger partial charge < -0.3 is 11.1 Å². The minimum Gasteiger partial charge on any atom is -0.384 e. The first-order chi connectivity index (χ1) is 9.74. The smallest absolute Gasteiger partial charge is 0.251 e. The van der Waals surface area contributed by atoms with Gasteiger partial charge in [-0.3, -0.25) is 19.9 Å². The summed E-state index contributed by atoms with van der Waals surface area (Å²) in [6.07, 6.45) is 4.79. The molecule has 0 saturated heterocycles. The minimum absolute atomic E-state index is 0.196. The van der Waals surface area contributed by atoms with Crippen LogP contribution >= 0.6 is 0 Å². The van der Waals surface area contributed by atoms with Crippen molar-refractivity contribution in [2.45, 2.75) is 6.54 Å². The Bertz CT molecular complexity index is 766. The summed E-state index contributed by atoms with van der Waals surface area (Å²) >= 11 is 0. The van der Waals surface area contributed by atoms with Crippen molar-refractivity contribution in [2.24, 2.45) is 0 Å². The van der Waals surface area contributed by atoms with Crippen LogP contribution in [0.4, 0.5) is 5.82 Å². The van der Waals surface area contributed by atoms with Crippen molar-refractivity contribution < 1.29 is 4.79 Å². The molecule has 1 aromatic carbocycles. The van der Waals surface area contributed by atoms with Gasteiger partial charge in [-0.1, -0.05) is 0 Å². The summed E-state index contributed by atoms with van der Waals surface area (Å²) in [6, 6.07) is 5.19. The van der Waals surface area contributed by atoms with Crippen LogP contribution in [0.1, 0.15) is 15.9 Å². The van der Waals surface area contributed by atoms with Crippen LogP contribution in [-0.2, 0) is 6.54 Å². The fourth-order valence-corrected chi connectivity index (χ4v) is 1.84. The normalized spacial score (nSPS) is 10.6. The number of amides is 1. The molecule has 1 amide bonds. The Balaban J connectivity index is 1.77. The minimum atomic E-state index is -0.196. The van der Waals surface area contributed by atoms with Crippen LogP contribution in [0.15, 0.2) is 36.8 Å². The summed E-state index contributed by atoms with van der Waals surface area (Å²) in [5.41, 5.74) is 8.37. The van der Waals surface area contributed by atoms with E-state index in [2.05, 4.69) is 25.5 Å². The zero-order valence-electron chi connectivity index (χ0n) is 10.5. The van der Waals surface area contributed by atoms with E-state index < -0.39 is 0 Å². The molecule has 0 unspecified atom stereocenters. The van der Waals surface area contributed by atoms with Gasteiger partial charge in [-0.2, -0.15) is 5.10 Å². The number of H-pyrrole nitrogens is 1. The number of hydrogen-bond acceptors (Lipinski definition) is 5. The van der Waals surface area contributed by atoms with Gasteiger partial charge in [-0.05, 0) is 18.2 Å². The second-order valence-corrected chi connectivity index (χ2v) is 4.25. The Morgan fingerprint density at radius 2 is 2.05 bits per heavy atom. The van der Waals surface area contributed by atoms with Crippen molar-refractivity contribution in [3.05, 3.63) is 47.9 Å². The maximum absolute atomic E-state index is 12.1. The quantitative estimate of drug-likeness (QED) is 0.652. The third-order valence-electron chi connectivity index (χ3n) is 2.92. The number of nitrogens with zero attached hydrogens (tertiary/aromatic N) is 3. The van der Waals surface area contributed by atoms with E-state index in [0.717, 1.165) is 11.1 Å². The summed E-state index contributed by atoms with van der Waals surface area (Å²) in [6.45, 7) is 0.319. The van der Waals surface area contributed by atoms with Gasteiger partial charge in [0.25, 0.3) is 5.91 Å². The Morgan fingerprint density at radius 1 is 1.25 bits per heavy atom. The molecule has 0 aliphatic rings. The molecule has 0 spiro atoms. The largest absolute Gasteiger partial charge is 0.384 e. The highest BCUT2D eigenvalue weighted by Crippen LogP contribution is 2.11. The fourth-order valence-electron chi connectivity index (χ4n) is 1.84. The van der Waals surface area contributed by atoms with Crippen LogP contribution < -0.4 is 11.1 Å². The molecular weight excluding hydrogens is 256 g/mol. The predicted molar refractivity (Wildman–Crippen MR) is 73.7 cm³/mol. The summed E-state index contributed by atoms with van der Waals surface area (Å²) in [5.74, 6) is 0.257. The Morgan fingerprint density at radius 3 is 2.80 bits per heavy atom. The highest BCUT2D eigenvalue weighted by molar-refractivity contribution is 5.97. The molecule has 0 bridgehead atoms. The zero-order chi connectivity index (χ0) is 13.9. The first-order valence-electron chi connectivity index (χ1n) is 6.01. The zero-order valence-corrected chi connectivity index (χ0v) is 10.5. The first-order valence-corrected chi connectivity index (χ1v) is 6.01. The van der Waals surface area contributed by atoms with Crippen molar-refractivity contribution in [1.82, 2.24) is 25.5 Å². The van der Waals surface area contributed by atoms with Gasteiger partial charge in [0.2, 0.25) is 0 Å². The highest BCUT2D eigenvalue weighted by atomic mass is 16.1. The third kappa shape index (κ3) is 2.28. The van der Waals surface area contributed by atoms with Gasteiger partial charge in [-0.25, -0.2) is 0 Å². The highest BCUT2D eigenvalue weighted by Gasteiger charge is 2.08. The Kier molecular flexibility index (Phi) is 3.00. The number of nitrogens with one attached hydrogen (secondary N) is 2. The number of benzene rings is 1. The Hall–Kier alpha value is -2.96. The van der Waals surface area contributed by atoms with Crippen molar-refractivity contribution in [3.63, 3.8) is 0 Å². The number of nitrogen functional groups attached to an aromatic ring is 1. The number of rotatable bonds is 3. The topological polar surface area (TPSA) is 110 Å². The van der Waals surface area contributed by atoms with Crippen LogP contribution in [0.3, 0.4) is 0 Å². The van der Waals surface area contributed by atoms with E-state index in [-0.39, 0.29) is 5.91 Å². The SMILES string of the molecule is Nc1[nH]ncc1CNC(=O)c1ccc2nccnc2c1. The lowest BCUT2D eigenvalue weighted by atomic mass is 10.2. The van der Waals surface area contributed by atoms with Gasteiger partial charge in [0, 0.05) is 30.1 Å². The summed E-state index contributed by atoms with van der Waals surface area (Å²) in [4.78, 5) is 20.4. The van der Waals surface area contributed by atoms with E-state index in [1.54, 1.807) is 36.8 Å². The number of fused-ring (bicyclic) bond motifs is 1. The van der Waals surface area contributed by atoms with E-state index in [1.165, 1.54) is 0 Å². The number of anilines is 1. The van der Waals surface area contributed by atoms with Crippen molar-refractivity contribution in [2.75, 3.05) is 5.73 Å². The summed E-state index contributed by atoms with van der Waals surface area (Å²) in [5, 5.41) is 9.19. The van der Waals surface area contributed by atoms with Crippen molar-refractivity contribution in [1.29, 1.82) is 0 Å². The number of carbonyl (C=O) groups excluding carboxylic acids is 1. The second kappa shape index (κ2) is 4.96. The number of aromatic nitrogens is 4. The molecular formula is C13H12N6O. The molecule has 7 nitrogen and oxygen atoms in total. The number of carbonyl (C=O) groups is 1. The average Bonchev–Trinajstić information content (AvgIpc) is 2.89. The summed E-state index contributed by atoms with van der Waals surface area (Å²) in [7, 11) is 0. The molecule has 2 heterocycles. The number of hydrogen-bond donors (Lipinski definition) is 3. The van der Waals surface area contributed by atoms with Gasteiger partial charge >= 0.3 is 0 Å². The molecule has 2 aromatic heterocycles. The lowest BCUT2D eigenvalue weighted by molar-refractivity contribution is 0.0951. The summed E-state index contributed by atoms with van der Waals surface area (Å²) < 4.78 is 0. The molecule has 7 heteroatoms. The lowest BCUT2D eigenvalue weighted by Crippen LogP contribution is -2.23. The molecule has 0 atom stereocenters. The van der Waals surface area contributed by atoms with E-state index >= 15 is 0 Å². The van der Waals surface area contributed by atoms with Crippen LogP contribution in [0.2, 0.25) is 0 Å². The van der Waals surface area contributed by atoms with Gasteiger partial charge in [-0.15, -0.1) is 0 Å². The number of nitrogens with two attached hydrogens (primary N) is 1. The first kappa shape index (κ1) is 12.1. The van der Waals surface area contributed by atoms with E-state index in [0.29, 0.717) is 23.4 Å². The predicted octanol–water partition coefficient (Wildman–Crippen LogP) is 0.865. The fraction of sp³-hybridized carbons (Fsp3) is 0.0769. The van der Waals surface area contributed by atoms with E-state index in [1.807, 2.05) is 0 Å². The molecule has 0 aliphatic heterocycles. The van der Waals surface area contributed by atoms with E-state index in [4.69, 9.17) is 5.73 Å². The molecule has 0 aliphatic carbocycles. The van der Waals surface area contributed by atoms with Crippen LogP contribution in [-0.4, -0.2) is 26.1 Å². The monoisotopic (exact) mass is 268 g/mol. The number of aromatic amines is 1. The van der Waals surface area contributed by atoms with Gasteiger partial charge in [0.05, 0.1) is 17.2 Å². The van der Waals surface area contributed by atoms with Gasteiger partial charge in [0.1, 0.15) is 5.82 Å². The van der Waals surface area contributed by atoms with Crippen molar-refractivity contribution in [3.8, 4) is 0 Å². The standard InChI is InChI=1S/C13H12N6O/c14-12-9(7-18-19-12)6-17-13(20)8-1-2-10-11(5-8)16-4-3-15-10/h1-5,7H,6H2,(H,17,20)(H3,14,18,19). The molecule has 0 fully saturated rings. The molecule has 0 saturated carbocycles. The molecule has 3 aromatic rings. The Labute approximate surface area is 114 Å². The average molecular weight is 268 g/mol. The van der Waals surface area contributed by atoms with Crippen LogP contribution in [0.5, 0.6) is 0 Å². The molecule has 4 N–H and O–H groups in total. The van der Waals surface area contributed by atoms with Crippen LogP contribution in [0, 0.1) is 0 Å². The third-order valence-corrected chi connectivity index (χ3v) is 2.92. The van der Waals surface area contributed by atoms with E-state index in [9.17, 15) is 4.79 Å².